The minimum atomic E-state index is 0.623. The molecule has 15 heavy (non-hydrogen) atoms. The topological polar surface area (TPSA) is 15.3 Å². The average molecular weight is 202 g/mol. The van der Waals surface area contributed by atoms with Crippen molar-refractivity contribution < 1.29 is 0 Å². The molecule has 1 N–H and O–H groups in total. The van der Waals surface area contributed by atoms with Crippen LogP contribution in [-0.2, 0) is 0 Å². The van der Waals surface area contributed by atoms with Gasteiger partial charge in [-0.25, -0.2) is 0 Å². The Morgan fingerprint density at radius 1 is 1.07 bits per heavy atom. The maximum Gasteiger partial charge on any atom is 0.0366 e. The van der Waals surface area contributed by atoms with Gasteiger partial charge in [0.25, 0.3) is 0 Å². The molecule has 1 aromatic carbocycles. The van der Waals surface area contributed by atoms with Crippen LogP contribution in [0.4, 0.5) is 5.69 Å². The van der Waals surface area contributed by atoms with E-state index in [1.807, 2.05) is 0 Å². The highest BCUT2D eigenvalue weighted by atomic mass is 15.1. The molecule has 0 aliphatic carbocycles. The van der Waals surface area contributed by atoms with Gasteiger partial charge in [0.1, 0.15) is 0 Å². The smallest absolute Gasteiger partial charge is 0.0366 e. The van der Waals surface area contributed by atoms with Crippen LogP contribution in [0.15, 0.2) is 24.3 Å². The van der Waals surface area contributed by atoms with Crippen LogP contribution in [0.25, 0.3) is 0 Å². The van der Waals surface area contributed by atoms with E-state index in [-0.39, 0.29) is 0 Å². The Morgan fingerprint density at radius 3 is 2.27 bits per heavy atom. The predicted octanol–water partition coefficient (Wildman–Crippen LogP) is 2.32. The number of nitrogens with zero attached hydrogens (tertiary/aromatic N) is 1. The molecule has 2 aliphatic heterocycles. The number of anilines is 1. The van der Waals surface area contributed by atoms with Crippen molar-refractivity contribution in [3.63, 3.8) is 0 Å². The van der Waals surface area contributed by atoms with Crippen molar-refractivity contribution in [2.24, 2.45) is 0 Å². The van der Waals surface area contributed by atoms with Crippen molar-refractivity contribution in [1.29, 1.82) is 0 Å². The van der Waals surface area contributed by atoms with Gasteiger partial charge in [-0.1, -0.05) is 12.1 Å². The Hall–Kier alpha value is -1.02. The fourth-order valence-electron chi connectivity index (χ4n) is 2.47. The number of rotatable bonds is 2. The molecule has 2 saturated heterocycles. The fraction of sp³-hybridized carbons (Fsp3) is 0.538. The second kappa shape index (κ2) is 3.86. The minimum Gasteiger partial charge on any atom is -0.372 e. The van der Waals surface area contributed by atoms with Crippen LogP contribution < -0.4 is 10.2 Å². The van der Waals surface area contributed by atoms with E-state index < -0.39 is 0 Å². The highest BCUT2D eigenvalue weighted by Crippen LogP contribution is 2.26. The molecule has 0 aromatic heterocycles. The Kier molecular flexibility index (Phi) is 2.37. The molecule has 0 amide bonds. The molecule has 2 heteroatoms. The SMILES string of the molecule is c1cc(N2CCCC2)ccc1[C@H]1CCN1. The van der Waals surface area contributed by atoms with Crippen LogP contribution in [0.5, 0.6) is 0 Å². The molecular weight excluding hydrogens is 184 g/mol. The zero-order valence-electron chi connectivity index (χ0n) is 9.08. The number of hydrogen-bond donors (Lipinski definition) is 1. The standard InChI is InChI=1S/C13H18N2/c1-2-10-15(9-1)12-5-3-11(4-6-12)13-7-8-14-13/h3-6,13-14H,1-2,7-10H2/t13-/m1/s1. The van der Waals surface area contributed by atoms with Crippen LogP contribution in [0.2, 0.25) is 0 Å². The van der Waals surface area contributed by atoms with Crippen LogP contribution in [0.1, 0.15) is 30.9 Å². The Labute approximate surface area is 91.3 Å². The number of benzene rings is 1. The van der Waals surface area contributed by atoms with E-state index in [1.54, 1.807) is 0 Å². The van der Waals surface area contributed by atoms with Crippen LogP contribution >= 0.6 is 0 Å². The van der Waals surface area contributed by atoms with E-state index in [4.69, 9.17) is 0 Å². The second-order valence-corrected chi connectivity index (χ2v) is 4.58. The van der Waals surface area contributed by atoms with Crippen molar-refractivity contribution in [2.45, 2.75) is 25.3 Å². The lowest BCUT2D eigenvalue weighted by Gasteiger charge is -2.28. The lowest BCUT2D eigenvalue weighted by molar-refractivity contribution is 0.383. The third kappa shape index (κ3) is 1.74. The normalized spacial score (nSPS) is 25.3. The van der Waals surface area contributed by atoms with E-state index in [2.05, 4.69) is 34.5 Å². The molecule has 0 saturated carbocycles. The Balaban J connectivity index is 1.74. The average Bonchev–Trinajstić information content (AvgIpc) is 2.69. The summed E-state index contributed by atoms with van der Waals surface area (Å²) in [5, 5.41) is 3.44. The fourth-order valence-corrected chi connectivity index (χ4v) is 2.47. The van der Waals surface area contributed by atoms with E-state index in [0.29, 0.717) is 6.04 Å². The van der Waals surface area contributed by atoms with Gasteiger partial charge in [0.2, 0.25) is 0 Å². The van der Waals surface area contributed by atoms with E-state index in [0.717, 1.165) is 0 Å². The van der Waals surface area contributed by atoms with E-state index in [9.17, 15) is 0 Å². The summed E-state index contributed by atoms with van der Waals surface area (Å²) < 4.78 is 0. The molecule has 2 nitrogen and oxygen atoms in total. The molecule has 2 heterocycles. The first-order chi connectivity index (χ1) is 7.43. The molecule has 0 bridgehead atoms. The van der Waals surface area contributed by atoms with Crippen molar-refractivity contribution in [2.75, 3.05) is 24.5 Å². The van der Waals surface area contributed by atoms with Gasteiger partial charge < -0.3 is 10.2 Å². The van der Waals surface area contributed by atoms with Crippen LogP contribution in [-0.4, -0.2) is 19.6 Å². The largest absolute Gasteiger partial charge is 0.372 e. The quantitative estimate of drug-likeness (QED) is 0.791. The molecule has 0 radical (unpaired) electrons. The zero-order chi connectivity index (χ0) is 10.1. The zero-order valence-corrected chi connectivity index (χ0v) is 9.08. The predicted molar refractivity (Wildman–Crippen MR) is 63.2 cm³/mol. The van der Waals surface area contributed by atoms with Gasteiger partial charge in [0.15, 0.2) is 0 Å². The molecule has 80 valence electrons. The van der Waals surface area contributed by atoms with Gasteiger partial charge >= 0.3 is 0 Å². The van der Waals surface area contributed by atoms with Crippen LogP contribution in [0.3, 0.4) is 0 Å². The summed E-state index contributed by atoms with van der Waals surface area (Å²) in [5.74, 6) is 0. The first-order valence-corrected chi connectivity index (χ1v) is 6.02. The van der Waals surface area contributed by atoms with Gasteiger partial charge in [-0.2, -0.15) is 0 Å². The summed E-state index contributed by atoms with van der Waals surface area (Å²) >= 11 is 0. The lowest BCUT2D eigenvalue weighted by atomic mass is 9.98. The highest BCUT2D eigenvalue weighted by molar-refractivity contribution is 5.48. The number of hydrogen-bond acceptors (Lipinski definition) is 2. The first kappa shape index (κ1) is 9.22. The van der Waals surface area contributed by atoms with E-state index in [1.165, 1.54) is 50.1 Å². The Bertz CT molecular complexity index is 321. The Morgan fingerprint density at radius 2 is 1.73 bits per heavy atom. The molecule has 1 atom stereocenters. The molecule has 3 rings (SSSR count). The van der Waals surface area contributed by atoms with Gasteiger partial charge in [-0.05, 0) is 43.5 Å². The van der Waals surface area contributed by atoms with Crippen molar-refractivity contribution in [1.82, 2.24) is 5.32 Å². The maximum atomic E-state index is 3.44. The molecule has 0 spiro atoms. The van der Waals surface area contributed by atoms with Crippen molar-refractivity contribution >= 4 is 5.69 Å². The molecular formula is C13H18N2. The minimum absolute atomic E-state index is 0.623. The highest BCUT2D eigenvalue weighted by Gasteiger charge is 2.18. The molecule has 0 unspecified atom stereocenters. The van der Waals surface area contributed by atoms with Gasteiger partial charge in [0, 0.05) is 24.8 Å². The van der Waals surface area contributed by atoms with E-state index >= 15 is 0 Å². The molecule has 1 aromatic rings. The van der Waals surface area contributed by atoms with Gasteiger partial charge in [-0.3, -0.25) is 0 Å². The van der Waals surface area contributed by atoms with Crippen molar-refractivity contribution in [3.05, 3.63) is 29.8 Å². The van der Waals surface area contributed by atoms with Gasteiger partial charge in [-0.15, -0.1) is 0 Å². The first-order valence-electron chi connectivity index (χ1n) is 6.02. The lowest BCUT2D eigenvalue weighted by Crippen LogP contribution is -2.34. The second-order valence-electron chi connectivity index (χ2n) is 4.58. The van der Waals surface area contributed by atoms with Crippen molar-refractivity contribution in [3.8, 4) is 0 Å². The number of nitrogens with one attached hydrogen (secondary N) is 1. The summed E-state index contributed by atoms with van der Waals surface area (Å²) in [5.41, 5.74) is 2.85. The summed E-state index contributed by atoms with van der Waals surface area (Å²) in [6, 6.07) is 9.74. The molecule has 2 fully saturated rings. The van der Waals surface area contributed by atoms with Gasteiger partial charge in [0.05, 0.1) is 0 Å². The third-order valence-corrected chi connectivity index (χ3v) is 3.59. The summed E-state index contributed by atoms with van der Waals surface area (Å²) in [6.45, 7) is 3.65. The third-order valence-electron chi connectivity index (χ3n) is 3.59. The monoisotopic (exact) mass is 202 g/mol. The summed E-state index contributed by atoms with van der Waals surface area (Å²) in [4.78, 5) is 2.48. The summed E-state index contributed by atoms with van der Waals surface area (Å²) in [6.07, 6.45) is 4.00. The summed E-state index contributed by atoms with van der Waals surface area (Å²) in [7, 11) is 0. The maximum absolute atomic E-state index is 3.44. The molecule has 2 aliphatic rings. The van der Waals surface area contributed by atoms with Crippen LogP contribution in [0, 0.1) is 0 Å².